The molecule has 1 saturated carbocycles. The minimum absolute atomic E-state index is 0.314. The summed E-state index contributed by atoms with van der Waals surface area (Å²) in [6, 6.07) is 12.4. The van der Waals surface area contributed by atoms with Gasteiger partial charge in [0.25, 0.3) is 5.91 Å². The average Bonchev–Trinajstić information content (AvgIpc) is 3.08. The number of aromatic nitrogens is 2. The van der Waals surface area contributed by atoms with E-state index in [-0.39, 0.29) is 0 Å². The average molecular weight is 393 g/mol. The first-order chi connectivity index (χ1) is 14.0. The molecule has 0 radical (unpaired) electrons. The van der Waals surface area contributed by atoms with Crippen LogP contribution in [0.15, 0.2) is 42.6 Å². The quantitative estimate of drug-likeness (QED) is 0.516. The van der Waals surface area contributed by atoms with E-state index in [1.54, 1.807) is 6.07 Å². The van der Waals surface area contributed by atoms with Crippen LogP contribution in [-0.2, 0) is 7.05 Å². The summed E-state index contributed by atoms with van der Waals surface area (Å²) in [5, 5.41) is 11.3. The number of primary amides is 1. The number of nitrogens with one attached hydrogen (secondary N) is 3. The van der Waals surface area contributed by atoms with Crippen LogP contribution in [0, 0.1) is 0 Å². The van der Waals surface area contributed by atoms with E-state index in [1.807, 2.05) is 44.6 Å². The molecule has 152 valence electrons. The fraction of sp³-hybridized carbons (Fsp3) is 0.364. The molecular formula is C22H28N6O. The van der Waals surface area contributed by atoms with Gasteiger partial charge in [0.2, 0.25) is 0 Å². The molecule has 1 aromatic carbocycles. The molecule has 1 aliphatic carbocycles. The first-order valence-corrected chi connectivity index (χ1v) is 10.1. The number of rotatable bonds is 6. The molecule has 0 bridgehead atoms. The van der Waals surface area contributed by atoms with Crippen molar-refractivity contribution < 1.29 is 4.79 Å². The van der Waals surface area contributed by atoms with Gasteiger partial charge in [0.1, 0.15) is 11.6 Å². The zero-order valence-electron chi connectivity index (χ0n) is 16.9. The third-order valence-corrected chi connectivity index (χ3v) is 5.78. The number of likely N-dealkylation sites (N-methyl/N-ethyl adjacent to an activating group) is 1. The summed E-state index contributed by atoms with van der Waals surface area (Å²) in [7, 11) is 4.02. The fourth-order valence-corrected chi connectivity index (χ4v) is 4.17. The zero-order valence-corrected chi connectivity index (χ0v) is 16.9. The number of hydrogen-bond acceptors (Lipinski definition) is 5. The lowest BCUT2D eigenvalue weighted by Gasteiger charge is -2.32. The second-order valence-electron chi connectivity index (χ2n) is 7.71. The number of fused-ring (bicyclic) bond motifs is 1. The Morgan fingerprint density at radius 1 is 1.14 bits per heavy atom. The van der Waals surface area contributed by atoms with E-state index in [2.05, 4.69) is 31.6 Å². The van der Waals surface area contributed by atoms with E-state index in [9.17, 15) is 4.79 Å². The van der Waals surface area contributed by atoms with Gasteiger partial charge >= 0.3 is 0 Å². The molecule has 0 spiro atoms. The summed E-state index contributed by atoms with van der Waals surface area (Å²) >= 11 is 0. The molecule has 5 N–H and O–H groups in total. The predicted octanol–water partition coefficient (Wildman–Crippen LogP) is 3.36. The smallest absolute Gasteiger partial charge is 0.252 e. The SMILES string of the molecule is CN[C@H]1CCCC[C@H]1Nc1ccc(C(N)=O)c(Nc2ccc3c(ccn3C)c2)n1. The lowest BCUT2D eigenvalue weighted by Crippen LogP contribution is -2.44. The largest absolute Gasteiger partial charge is 0.366 e. The standard InChI is InChI=1S/C22H28N6O/c1-24-17-5-3-4-6-18(17)26-20-10-8-16(21(23)29)22(27-20)25-15-7-9-19-14(13-15)11-12-28(19)2/h7-13,17-18,24H,3-6H2,1-2H3,(H2,23,29)(H2,25,26,27)/t17-,18+/m0/s1. The molecular weight excluding hydrogens is 364 g/mol. The summed E-state index contributed by atoms with van der Waals surface area (Å²) in [4.78, 5) is 16.6. The first-order valence-electron chi connectivity index (χ1n) is 10.1. The lowest BCUT2D eigenvalue weighted by molar-refractivity contribution is 0.100. The summed E-state index contributed by atoms with van der Waals surface area (Å²) < 4.78 is 2.07. The van der Waals surface area contributed by atoms with Crippen molar-refractivity contribution in [1.29, 1.82) is 0 Å². The van der Waals surface area contributed by atoms with Crippen LogP contribution in [-0.4, -0.2) is 34.6 Å². The monoisotopic (exact) mass is 392 g/mol. The Morgan fingerprint density at radius 2 is 1.93 bits per heavy atom. The zero-order chi connectivity index (χ0) is 20.4. The van der Waals surface area contributed by atoms with Crippen LogP contribution in [0.5, 0.6) is 0 Å². The summed E-state index contributed by atoms with van der Waals surface area (Å²) in [6.45, 7) is 0. The molecule has 0 saturated heterocycles. The summed E-state index contributed by atoms with van der Waals surface area (Å²) in [6.07, 6.45) is 6.71. The van der Waals surface area contributed by atoms with Crippen molar-refractivity contribution in [3.63, 3.8) is 0 Å². The molecule has 2 atom stereocenters. The van der Waals surface area contributed by atoms with Gasteiger partial charge in [0.05, 0.1) is 5.56 Å². The van der Waals surface area contributed by atoms with E-state index in [0.29, 0.717) is 23.5 Å². The van der Waals surface area contributed by atoms with Crippen LogP contribution < -0.4 is 21.7 Å². The number of nitrogens with two attached hydrogens (primary N) is 1. The maximum Gasteiger partial charge on any atom is 0.252 e. The van der Waals surface area contributed by atoms with Gasteiger partial charge in [-0.1, -0.05) is 12.8 Å². The maximum atomic E-state index is 11.9. The van der Waals surface area contributed by atoms with Crippen molar-refractivity contribution in [2.45, 2.75) is 37.8 Å². The predicted molar refractivity (Wildman–Crippen MR) is 118 cm³/mol. The molecule has 1 fully saturated rings. The number of pyridine rings is 1. The Morgan fingerprint density at radius 3 is 2.69 bits per heavy atom. The van der Waals surface area contributed by atoms with Gasteiger partial charge in [0, 0.05) is 41.9 Å². The molecule has 0 unspecified atom stereocenters. The normalized spacial score (nSPS) is 19.2. The van der Waals surface area contributed by atoms with E-state index >= 15 is 0 Å². The molecule has 1 aliphatic rings. The third-order valence-electron chi connectivity index (χ3n) is 5.78. The molecule has 0 aliphatic heterocycles. The number of benzene rings is 1. The maximum absolute atomic E-state index is 11.9. The van der Waals surface area contributed by atoms with Gasteiger partial charge in [-0.25, -0.2) is 4.98 Å². The molecule has 7 nitrogen and oxygen atoms in total. The lowest BCUT2D eigenvalue weighted by atomic mass is 9.90. The second kappa shape index (κ2) is 8.13. The van der Waals surface area contributed by atoms with Gasteiger partial charge in [-0.3, -0.25) is 4.79 Å². The fourth-order valence-electron chi connectivity index (χ4n) is 4.17. The summed E-state index contributed by atoms with van der Waals surface area (Å²) in [5.41, 5.74) is 7.97. The van der Waals surface area contributed by atoms with Crippen LogP contribution in [0.3, 0.4) is 0 Å². The summed E-state index contributed by atoms with van der Waals surface area (Å²) in [5.74, 6) is 0.707. The minimum Gasteiger partial charge on any atom is -0.366 e. The van der Waals surface area contributed by atoms with Gasteiger partial charge < -0.3 is 26.3 Å². The number of nitrogens with zero attached hydrogens (tertiary/aromatic N) is 2. The Hall–Kier alpha value is -3.06. The molecule has 2 aromatic heterocycles. The number of aryl methyl sites for hydroxylation is 1. The number of anilines is 3. The van der Waals surface area contributed by atoms with Crippen LogP contribution in [0.2, 0.25) is 0 Å². The van der Waals surface area contributed by atoms with Crippen molar-refractivity contribution in [1.82, 2.24) is 14.9 Å². The highest BCUT2D eigenvalue weighted by Crippen LogP contribution is 2.26. The molecule has 4 rings (SSSR count). The van der Waals surface area contributed by atoms with Gasteiger partial charge in [0.15, 0.2) is 0 Å². The van der Waals surface area contributed by atoms with Crippen molar-refractivity contribution in [3.8, 4) is 0 Å². The van der Waals surface area contributed by atoms with Crippen molar-refractivity contribution in [3.05, 3.63) is 48.2 Å². The Labute approximate surface area is 170 Å². The molecule has 3 aromatic rings. The van der Waals surface area contributed by atoms with Crippen molar-refractivity contribution >= 4 is 34.1 Å². The highest BCUT2D eigenvalue weighted by molar-refractivity contribution is 5.99. The first kappa shape index (κ1) is 19.3. The highest BCUT2D eigenvalue weighted by atomic mass is 16.1. The Bertz CT molecular complexity index is 1030. The number of amides is 1. The third kappa shape index (κ3) is 4.05. The number of hydrogen-bond donors (Lipinski definition) is 4. The van der Waals surface area contributed by atoms with Gasteiger partial charge in [-0.2, -0.15) is 0 Å². The van der Waals surface area contributed by atoms with Gasteiger partial charge in [-0.05, 0) is 56.3 Å². The van der Waals surface area contributed by atoms with E-state index < -0.39 is 5.91 Å². The van der Waals surface area contributed by atoms with Crippen LogP contribution in [0.1, 0.15) is 36.0 Å². The van der Waals surface area contributed by atoms with E-state index in [4.69, 9.17) is 5.73 Å². The Kier molecular flexibility index (Phi) is 5.40. The van der Waals surface area contributed by atoms with Crippen LogP contribution in [0.25, 0.3) is 10.9 Å². The molecule has 2 heterocycles. The van der Waals surface area contributed by atoms with E-state index in [0.717, 1.165) is 35.2 Å². The van der Waals surface area contributed by atoms with Crippen LogP contribution in [0.4, 0.5) is 17.3 Å². The molecule has 29 heavy (non-hydrogen) atoms. The number of carbonyl (C=O) groups is 1. The number of carbonyl (C=O) groups excluding carboxylic acids is 1. The Balaban J connectivity index is 1.61. The van der Waals surface area contributed by atoms with Crippen LogP contribution >= 0.6 is 0 Å². The second-order valence-corrected chi connectivity index (χ2v) is 7.71. The minimum atomic E-state index is -0.502. The van der Waals surface area contributed by atoms with Crippen molar-refractivity contribution in [2.75, 3.05) is 17.7 Å². The highest BCUT2D eigenvalue weighted by Gasteiger charge is 2.24. The van der Waals surface area contributed by atoms with E-state index in [1.165, 1.54) is 12.8 Å². The molecule has 1 amide bonds. The topological polar surface area (TPSA) is 97.0 Å². The van der Waals surface area contributed by atoms with Crippen molar-refractivity contribution in [2.24, 2.45) is 12.8 Å². The van der Waals surface area contributed by atoms with Gasteiger partial charge in [-0.15, -0.1) is 0 Å². The molecule has 7 heteroatoms.